The number of aliphatic hydroxyl groups excluding tert-OH is 1. The number of ether oxygens (including phenoxy) is 2. The normalized spacial score (nSPS) is 11.9. The Labute approximate surface area is 180 Å². The highest BCUT2D eigenvalue weighted by Crippen LogP contribution is 2.46. The van der Waals surface area contributed by atoms with Gasteiger partial charge in [0.2, 0.25) is 0 Å². The Morgan fingerprint density at radius 2 is 1.17 bits per heavy atom. The summed E-state index contributed by atoms with van der Waals surface area (Å²) >= 11 is 0. The molecular weight excluding hydrogens is 372 g/mol. The minimum Gasteiger partial charge on any atom is -0.497 e. The van der Waals surface area contributed by atoms with Crippen molar-refractivity contribution in [3.05, 3.63) is 95.1 Å². The Balaban J connectivity index is 2.28. The summed E-state index contributed by atoms with van der Waals surface area (Å²) in [6.07, 6.45) is 0. The first-order valence-electron chi connectivity index (χ1n) is 10.4. The van der Waals surface area contributed by atoms with E-state index in [1.165, 1.54) is 11.1 Å². The molecule has 0 aliphatic rings. The molecule has 3 aromatic carbocycles. The highest BCUT2D eigenvalue weighted by Gasteiger charge is 2.34. The Hall–Kier alpha value is -2.78. The molecule has 0 amide bonds. The fraction of sp³-hybridized carbons (Fsp3) is 0.333. The summed E-state index contributed by atoms with van der Waals surface area (Å²) in [4.78, 5) is 0. The maximum absolute atomic E-state index is 9.50. The van der Waals surface area contributed by atoms with Crippen LogP contribution in [0.4, 0.5) is 0 Å². The van der Waals surface area contributed by atoms with Gasteiger partial charge >= 0.3 is 0 Å². The second-order valence-electron chi connectivity index (χ2n) is 8.61. The van der Waals surface area contributed by atoms with E-state index in [-0.39, 0.29) is 24.0 Å². The second kappa shape index (κ2) is 8.93. The average Bonchev–Trinajstić information content (AvgIpc) is 2.78. The quantitative estimate of drug-likeness (QED) is 0.522. The first-order chi connectivity index (χ1) is 14.3. The topological polar surface area (TPSA) is 38.7 Å². The van der Waals surface area contributed by atoms with Gasteiger partial charge in [0, 0.05) is 22.0 Å². The standard InChI is InChI=1S/C27H32O3/c1-26(2,20-12-8-6-9-13-20)23-18-22(29-5)19-24(25(23)30-17-16-28)27(3,4)21-14-10-7-11-15-21/h6-15,18-19,28H,16-17H2,1-5H3. The summed E-state index contributed by atoms with van der Waals surface area (Å²) in [5, 5.41) is 9.50. The van der Waals surface area contributed by atoms with Crippen LogP contribution in [0.3, 0.4) is 0 Å². The summed E-state index contributed by atoms with van der Waals surface area (Å²) in [5.74, 6) is 1.61. The van der Waals surface area contributed by atoms with Gasteiger partial charge in [0.05, 0.1) is 13.7 Å². The summed E-state index contributed by atoms with van der Waals surface area (Å²) in [6, 6.07) is 24.9. The van der Waals surface area contributed by atoms with Gasteiger partial charge < -0.3 is 14.6 Å². The third-order valence-corrected chi connectivity index (χ3v) is 5.97. The zero-order chi connectivity index (χ0) is 21.8. The molecule has 1 N–H and O–H groups in total. The molecule has 0 atom stereocenters. The molecule has 3 heteroatoms. The Morgan fingerprint density at radius 3 is 1.53 bits per heavy atom. The highest BCUT2D eigenvalue weighted by molar-refractivity contribution is 5.58. The van der Waals surface area contributed by atoms with Gasteiger partial charge in [0.1, 0.15) is 18.1 Å². The molecule has 3 rings (SSSR count). The van der Waals surface area contributed by atoms with Crippen LogP contribution in [-0.4, -0.2) is 25.4 Å². The first-order valence-corrected chi connectivity index (χ1v) is 10.4. The number of benzene rings is 3. The number of rotatable bonds is 8. The molecule has 0 aliphatic heterocycles. The largest absolute Gasteiger partial charge is 0.497 e. The molecule has 0 radical (unpaired) electrons. The predicted molar refractivity (Wildman–Crippen MR) is 123 cm³/mol. The second-order valence-corrected chi connectivity index (χ2v) is 8.61. The van der Waals surface area contributed by atoms with Gasteiger partial charge in [-0.3, -0.25) is 0 Å². The van der Waals surface area contributed by atoms with E-state index in [0.29, 0.717) is 0 Å². The number of hydrogen-bond donors (Lipinski definition) is 1. The highest BCUT2D eigenvalue weighted by atomic mass is 16.5. The van der Waals surface area contributed by atoms with E-state index in [1.54, 1.807) is 7.11 Å². The van der Waals surface area contributed by atoms with Crippen molar-refractivity contribution < 1.29 is 14.6 Å². The van der Waals surface area contributed by atoms with Gasteiger partial charge in [-0.1, -0.05) is 88.4 Å². The lowest BCUT2D eigenvalue weighted by Gasteiger charge is -2.34. The van der Waals surface area contributed by atoms with E-state index < -0.39 is 0 Å². The third-order valence-electron chi connectivity index (χ3n) is 5.97. The van der Waals surface area contributed by atoms with E-state index in [1.807, 2.05) is 12.1 Å². The van der Waals surface area contributed by atoms with Gasteiger partial charge in [0.15, 0.2) is 0 Å². The van der Waals surface area contributed by atoms with Crippen LogP contribution in [0.25, 0.3) is 0 Å². The molecule has 0 heterocycles. The van der Waals surface area contributed by atoms with Crippen molar-refractivity contribution in [3.8, 4) is 11.5 Å². The molecule has 3 aromatic rings. The minimum atomic E-state index is -0.317. The summed E-state index contributed by atoms with van der Waals surface area (Å²) in [5.41, 5.74) is 3.83. The van der Waals surface area contributed by atoms with Crippen LogP contribution in [0.2, 0.25) is 0 Å². The summed E-state index contributed by atoms with van der Waals surface area (Å²) < 4.78 is 11.9. The van der Waals surface area contributed by atoms with E-state index in [9.17, 15) is 5.11 Å². The van der Waals surface area contributed by atoms with E-state index in [0.717, 1.165) is 22.6 Å². The Morgan fingerprint density at radius 1 is 0.733 bits per heavy atom. The lowest BCUT2D eigenvalue weighted by atomic mass is 9.72. The first kappa shape index (κ1) is 21.9. The molecule has 30 heavy (non-hydrogen) atoms. The maximum Gasteiger partial charge on any atom is 0.127 e. The van der Waals surface area contributed by atoms with E-state index in [4.69, 9.17) is 9.47 Å². The molecule has 0 aliphatic carbocycles. The molecule has 0 saturated carbocycles. The zero-order valence-electron chi connectivity index (χ0n) is 18.6. The Kier molecular flexibility index (Phi) is 6.52. The van der Waals surface area contributed by atoms with Crippen molar-refractivity contribution in [2.75, 3.05) is 20.3 Å². The Bertz CT molecular complexity index is 887. The number of hydrogen-bond acceptors (Lipinski definition) is 3. The lowest BCUT2D eigenvalue weighted by Crippen LogP contribution is -2.26. The maximum atomic E-state index is 9.50. The molecule has 0 spiro atoms. The van der Waals surface area contributed by atoms with Crippen LogP contribution in [0.15, 0.2) is 72.8 Å². The van der Waals surface area contributed by atoms with Gasteiger partial charge in [-0.15, -0.1) is 0 Å². The van der Waals surface area contributed by atoms with Crippen LogP contribution in [0.1, 0.15) is 49.9 Å². The molecule has 0 bridgehead atoms. The molecule has 0 unspecified atom stereocenters. The van der Waals surface area contributed by atoms with Crippen molar-refractivity contribution >= 4 is 0 Å². The zero-order valence-corrected chi connectivity index (χ0v) is 18.6. The smallest absolute Gasteiger partial charge is 0.127 e. The van der Waals surface area contributed by atoms with Crippen LogP contribution < -0.4 is 9.47 Å². The van der Waals surface area contributed by atoms with Gasteiger partial charge in [-0.25, -0.2) is 0 Å². The minimum absolute atomic E-state index is 0.0392. The van der Waals surface area contributed by atoms with Gasteiger partial charge in [0.25, 0.3) is 0 Å². The lowest BCUT2D eigenvalue weighted by molar-refractivity contribution is 0.196. The molecular formula is C27H32O3. The molecule has 0 saturated heterocycles. The van der Waals surface area contributed by atoms with Gasteiger partial charge in [-0.05, 0) is 23.3 Å². The van der Waals surface area contributed by atoms with Crippen molar-refractivity contribution in [2.24, 2.45) is 0 Å². The average molecular weight is 405 g/mol. The summed E-state index contributed by atoms with van der Waals surface area (Å²) in [7, 11) is 1.70. The van der Waals surface area contributed by atoms with Crippen LogP contribution in [0.5, 0.6) is 11.5 Å². The predicted octanol–water partition coefficient (Wildman–Crippen LogP) is 5.72. The van der Waals surface area contributed by atoms with Crippen LogP contribution >= 0.6 is 0 Å². The monoisotopic (exact) mass is 404 g/mol. The number of methoxy groups -OCH3 is 1. The molecule has 0 aromatic heterocycles. The molecule has 0 fully saturated rings. The van der Waals surface area contributed by atoms with Crippen molar-refractivity contribution in [3.63, 3.8) is 0 Å². The third kappa shape index (κ3) is 4.22. The van der Waals surface area contributed by atoms with Crippen LogP contribution in [-0.2, 0) is 10.8 Å². The van der Waals surface area contributed by atoms with E-state index in [2.05, 4.69) is 88.4 Å². The fourth-order valence-corrected chi connectivity index (χ4v) is 3.97. The van der Waals surface area contributed by atoms with E-state index >= 15 is 0 Å². The van der Waals surface area contributed by atoms with Crippen molar-refractivity contribution in [1.29, 1.82) is 0 Å². The number of aliphatic hydroxyl groups is 1. The summed E-state index contributed by atoms with van der Waals surface area (Å²) in [6.45, 7) is 8.99. The van der Waals surface area contributed by atoms with Gasteiger partial charge in [-0.2, -0.15) is 0 Å². The van der Waals surface area contributed by atoms with Crippen molar-refractivity contribution in [2.45, 2.75) is 38.5 Å². The molecule has 158 valence electrons. The van der Waals surface area contributed by atoms with Crippen molar-refractivity contribution in [1.82, 2.24) is 0 Å². The fourth-order valence-electron chi connectivity index (χ4n) is 3.97. The molecule has 3 nitrogen and oxygen atoms in total. The SMILES string of the molecule is COc1cc(C(C)(C)c2ccccc2)c(OCCO)c(C(C)(C)c2ccccc2)c1. The van der Waals surface area contributed by atoms with Crippen LogP contribution in [0, 0.1) is 0 Å².